The summed E-state index contributed by atoms with van der Waals surface area (Å²) in [6, 6.07) is 7.69. The van der Waals surface area contributed by atoms with Gasteiger partial charge in [0.2, 0.25) is 0 Å². The number of ether oxygens (including phenoxy) is 2. The summed E-state index contributed by atoms with van der Waals surface area (Å²) in [5, 5.41) is 1.00. The minimum Gasteiger partial charge on any atom is -0.497 e. The first-order valence-corrected chi connectivity index (χ1v) is 5.61. The van der Waals surface area contributed by atoms with Crippen LogP contribution >= 0.6 is 0 Å². The Morgan fingerprint density at radius 1 is 1.12 bits per heavy atom. The molecule has 90 valence electrons. The van der Waals surface area contributed by atoms with E-state index < -0.39 is 0 Å². The molecule has 1 aromatic heterocycles. The molecule has 0 saturated carbocycles. The maximum Gasteiger partial charge on any atom is 0.131 e. The number of hydrogen-bond acceptors (Lipinski definition) is 3. The number of hydrogen-bond donors (Lipinski definition) is 0. The van der Waals surface area contributed by atoms with Crippen LogP contribution in [0, 0.1) is 0 Å². The molecule has 0 aliphatic heterocycles. The highest BCUT2D eigenvalue weighted by Crippen LogP contribution is 2.29. The summed E-state index contributed by atoms with van der Waals surface area (Å²) < 4.78 is 11.1. The lowest BCUT2D eigenvalue weighted by molar-refractivity contribution is 0.133. The molecule has 2 rings (SSSR count). The van der Waals surface area contributed by atoms with Crippen molar-refractivity contribution >= 4 is 10.9 Å². The first kappa shape index (κ1) is 11.7. The molecule has 3 nitrogen and oxygen atoms in total. The molecule has 1 aromatic carbocycles. The van der Waals surface area contributed by atoms with E-state index in [0.717, 1.165) is 22.4 Å². The maximum absolute atomic E-state index is 5.91. The van der Waals surface area contributed by atoms with Crippen molar-refractivity contribution in [1.82, 2.24) is 4.98 Å². The second kappa shape index (κ2) is 4.24. The zero-order valence-electron chi connectivity index (χ0n) is 10.7. The molecule has 0 amide bonds. The number of fused-ring (bicyclic) bond motifs is 1. The second-order valence-electron chi connectivity index (χ2n) is 4.91. The van der Waals surface area contributed by atoms with Crippen LogP contribution in [-0.4, -0.2) is 17.7 Å². The molecular weight excluding hydrogens is 214 g/mol. The fourth-order valence-corrected chi connectivity index (χ4v) is 1.65. The quantitative estimate of drug-likeness (QED) is 0.793. The van der Waals surface area contributed by atoms with E-state index in [9.17, 15) is 0 Å². The van der Waals surface area contributed by atoms with Gasteiger partial charge in [-0.2, -0.15) is 0 Å². The lowest BCUT2D eigenvalue weighted by Gasteiger charge is -2.22. The standard InChI is InChI=1S/C14H17NO2/c1-14(2,3)17-13-7-8-15-12-9-10(16-4)5-6-11(12)13/h5-9H,1-4H3. The summed E-state index contributed by atoms with van der Waals surface area (Å²) >= 11 is 0. The van der Waals surface area contributed by atoms with Crippen LogP contribution in [0.25, 0.3) is 10.9 Å². The van der Waals surface area contributed by atoms with Crippen LogP contribution in [0.2, 0.25) is 0 Å². The molecule has 0 atom stereocenters. The van der Waals surface area contributed by atoms with Crippen molar-refractivity contribution in [1.29, 1.82) is 0 Å². The Balaban J connectivity index is 2.51. The fraction of sp³-hybridized carbons (Fsp3) is 0.357. The monoisotopic (exact) mass is 231 g/mol. The number of rotatable bonds is 2. The third kappa shape index (κ3) is 2.67. The predicted molar refractivity (Wildman–Crippen MR) is 68.7 cm³/mol. The van der Waals surface area contributed by atoms with Crippen LogP contribution in [-0.2, 0) is 0 Å². The average Bonchev–Trinajstić information content (AvgIpc) is 2.26. The van der Waals surface area contributed by atoms with Gasteiger partial charge in [-0.05, 0) is 39.0 Å². The van der Waals surface area contributed by atoms with E-state index in [2.05, 4.69) is 4.98 Å². The topological polar surface area (TPSA) is 31.4 Å². The van der Waals surface area contributed by atoms with Gasteiger partial charge in [0.25, 0.3) is 0 Å². The molecule has 0 aliphatic carbocycles. The highest BCUT2D eigenvalue weighted by Gasteiger charge is 2.14. The van der Waals surface area contributed by atoms with Crippen molar-refractivity contribution < 1.29 is 9.47 Å². The Labute approximate surface area is 101 Å². The highest BCUT2D eigenvalue weighted by atomic mass is 16.5. The van der Waals surface area contributed by atoms with Gasteiger partial charge in [-0.1, -0.05) is 0 Å². The molecule has 0 saturated heterocycles. The molecule has 17 heavy (non-hydrogen) atoms. The Kier molecular flexibility index (Phi) is 2.92. The molecule has 0 spiro atoms. The van der Waals surface area contributed by atoms with Crippen molar-refractivity contribution in [3.8, 4) is 11.5 Å². The van der Waals surface area contributed by atoms with E-state index in [0.29, 0.717) is 0 Å². The second-order valence-corrected chi connectivity index (χ2v) is 4.91. The third-order valence-electron chi connectivity index (χ3n) is 2.33. The van der Waals surface area contributed by atoms with E-state index in [4.69, 9.17) is 9.47 Å². The van der Waals surface area contributed by atoms with E-state index in [1.54, 1.807) is 13.3 Å². The molecule has 0 aliphatic rings. The lowest BCUT2D eigenvalue weighted by Crippen LogP contribution is -2.23. The molecule has 0 N–H and O–H groups in total. The minimum absolute atomic E-state index is 0.214. The van der Waals surface area contributed by atoms with Gasteiger partial charge in [0, 0.05) is 17.6 Å². The zero-order chi connectivity index (χ0) is 12.5. The number of pyridine rings is 1. The number of benzene rings is 1. The van der Waals surface area contributed by atoms with Crippen molar-refractivity contribution in [2.75, 3.05) is 7.11 Å². The molecular formula is C14H17NO2. The summed E-state index contributed by atoms with van der Waals surface area (Å²) in [4.78, 5) is 4.32. The van der Waals surface area contributed by atoms with Crippen molar-refractivity contribution in [2.45, 2.75) is 26.4 Å². The van der Waals surface area contributed by atoms with Gasteiger partial charge in [0.05, 0.1) is 12.6 Å². The van der Waals surface area contributed by atoms with E-state index in [1.165, 1.54) is 0 Å². The summed E-state index contributed by atoms with van der Waals surface area (Å²) in [6.07, 6.45) is 1.75. The van der Waals surface area contributed by atoms with E-state index in [-0.39, 0.29) is 5.60 Å². The molecule has 2 aromatic rings. The van der Waals surface area contributed by atoms with Gasteiger partial charge in [-0.3, -0.25) is 4.98 Å². The van der Waals surface area contributed by atoms with Crippen LogP contribution in [0.4, 0.5) is 0 Å². The molecule has 0 radical (unpaired) electrons. The first-order chi connectivity index (χ1) is 7.99. The van der Waals surface area contributed by atoms with Gasteiger partial charge in [-0.15, -0.1) is 0 Å². The van der Waals surface area contributed by atoms with Crippen LogP contribution in [0.3, 0.4) is 0 Å². The SMILES string of the molecule is COc1ccc2c(OC(C)(C)C)ccnc2c1. The predicted octanol–water partition coefficient (Wildman–Crippen LogP) is 3.42. The number of aromatic nitrogens is 1. The Hall–Kier alpha value is -1.77. The minimum atomic E-state index is -0.214. The maximum atomic E-state index is 5.91. The van der Waals surface area contributed by atoms with Crippen LogP contribution in [0.5, 0.6) is 11.5 Å². The summed E-state index contributed by atoms with van der Waals surface area (Å²) in [5.41, 5.74) is 0.667. The van der Waals surface area contributed by atoms with Crippen molar-refractivity contribution in [2.24, 2.45) is 0 Å². The van der Waals surface area contributed by atoms with Crippen LogP contribution in [0.1, 0.15) is 20.8 Å². The Bertz CT molecular complexity index is 529. The first-order valence-electron chi connectivity index (χ1n) is 5.61. The van der Waals surface area contributed by atoms with Gasteiger partial charge in [0.15, 0.2) is 0 Å². The Morgan fingerprint density at radius 2 is 1.88 bits per heavy atom. The third-order valence-corrected chi connectivity index (χ3v) is 2.33. The smallest absolute Gasteiger partial charge is 0.131 e. The summed E-state index contributed by atoms with van der Waals surface area (Å²) in [6.45, 7) is 6.09. The van der Waals surface area contributed by atoms with Crippen molar-refractivity contribution in [3.63, 3.8) is 0 Å². The van der Waals surface area contributed by atoms with Gasteiger partial charge < -0.3 is 9.47 Å². The Morgan fingerprint density at radius 3 is 2.53 bits per heavy atom. The molecule has 0 unspecified atom stereocenters. The van der Waals surface area contributed by atoms with Gasteiger partial charge in [0.1, 0.15) is 17.1 Å². The average molecular weight is 231 g/mol. The zero-order valence-corrected chi connectivity index (χ0v) is 10.7. The van der Waals surface area contributed by atoms with Crippen molar-refractivity contribution in [3.05, 3.63) is 30.5 Å². The summed E-state index contributed by atoms with van der Waals surface area (Å²) in [7, 11) is 1.65. The largest absolute Gasteiger partial charge is 0.497 e. The number of methoxy groups -OCH3 is 1. The van der Waals surface area contributed by atoms with Crippen LogP contribution in [0.15, 0.2) is 30.5 Å². The fourth-order valence-electron chi connectivity index (χ4n) is 1.65. The molecule has 1 heterocycles. The summed E-state index contributed by atoms with van der Waals surface area (Å²) in [5.74, 6) is 1.66. The highest BCUT2D eigenvalue weighted by molar-refractivity contribution is 5.86. The van der Waals surface area contributed by atoms with E-state index in [1.807, 2.05) is 45.0 Å². The molecule has 0 fully saturated rings. The van der Waals surface area contributed by atoms with Gasteiger partial charge in [-0.25, -0.2) is 0 Å². The molecule has 3 heteroatoms. The number of nitrogens with zero attached hydrogens (tertiary/aromatic N) is 1. The normalized spacial score (nSPS) is 11.5. The van der Waals surface area contributed by atoms with Gasteiger partial charge >= 0.3 is 0 Å². The molecule has 0 bridgehead atoms. The van der Waals surface area contributed by atoms with E-state index >= 15 is 0 Å². The van der Waals surface area contributed by atoms with Crippen LogP contribution < -0.4 is 9.47 Å². The lowest BCUT2D eigenvalue weighted by atomic mass is 10.1.